The molecule has 0 atom stereocenters. The van der Waals surface area contributed by atoms with Gasteiger partial charge in [0.2, 0.25) is 5.78 Å². The topological polar surface area (TPSA) is 57.1 Å². The number of carbonyl (C=O) groups is 1. The van der Waals surface area contributed by atoms with Crippen LogP contribution in [0.5, 0.6) is 0 Å². The highest BCUT2D eigenvalue weighted by Crippen LogP contribution is 2.06. The number of rotatable bonds is 2. The highest BCUT2D eigenvalue weighted by atomic mass is 16.1. The van der Waals surface area contributed by atoms with E-state index in [1.165, 1.54) is 19.2 Å². The second kappa shape index (κ2) is 4.32. The highest BCUT2D eigenvalue weighted by Gasteiger charge is 2.15. The van der Waals surface area contributed by atoms with Crippen LogP contribution < -0.4 is 5.32 Å². The Balaban J connectivity index is 1.89. The quantitative estimate of drug-likeness (QED) is 0.653. The third-order valence-electron chi connectivity index (χ3n) is 2.42. The molecule has 1 N–H and O–H groups in total. The van der Waals surface area contributed by atoms with E-state index in [2.05, 4.69) is 20.2 Å². The summed E-state index contributed by atoms with van der Waals surface area (Å²) in [4.78, 5) is 21.6. The van der Waals surface area contributed by atoms with Crippen LogP contribution >= 0.6 is 0 Å². The van der Waals surface area contributed by atoms with Crippen molar-refractivity contribution in [1.29, 1.82) is 0 Å². The van der Waals surface area contributed by atoms with Gasteiger partial charge in [-0.05, 0) is 25.9 Å². The van der Waals surface area contributed by atoms with Crippen LogP contribution in [-0.4, -0.2) is 49.2 Å². The first kappa shape index (κ1) is 9.33. The van der Waals surface area contributed by atoms with E-state index in [1.54, 1.807) is 0 Å². The number of carbonyl (C=O) groups excluding carboxylic acids is 1. The van der Waals surface area contributed by atoms with Gasteiger partial charge in [-0.15, -0.1) is 0 Å². The van der Waals surface area contributed by atoms with Crippen molar-refractivity contribution in [2.75, 3.05) is 26.3 Å². The van der Waals surface area contributed by atoms with Crippen molar-refractivity contribution in [3.63, 3.8) is 0 Å². The van der Waals surface area contributed by atoms with Gasteiger partial charge in [-0.3, -0.25) is 14.7 Å². The normalized spacial score (nSPS) is 25.7. The van der Waals surface area contributed by atoms with E-state index in [4.69, 9.17) is 0 Å². The second-order valence-corrected chi connectivity index (χ2v) is 3.51. The molecule has 0 aromatic heterocycles. The summed E-state index contributed by atoms with van der Waals surface area (Å²) in [5, 5.41) is 2.77. The molecule has 0 spiro atoms. The van der Waals surface area contributed by atoms with Crippen LogP contribution in [0, 0.1) is 0 Å². The first-order chi connectivity index (χ1) is 6.86. The highest BCUT2D eigenvalue weighted by molar-refractivity contribution is 6.42. The Morgan fingerprint density at radius 1 is 1.50 bits per heavy atom. The zero-order valence-electron chi connectivity index (χ0n) is 8.07. The summed E-state index contributed by atoms with van der Waals surface area (Å²) in [6.07, 6.45) is 4.02. The lowest BCUT2D eigenvalue weighted by Gasteiger charge is -2.13. The average Bonchev–Trinajstić information content (AvgIpc) is 2.69. The number of ketones is 1. The summed E-state index contributed by atoms with van der Waals surface area (Å²) in [6, 6.07) is 0. The molecule has 1 fully saturated rings. The molecular formula is C9H14N4O. The molecule has 5 heteroatoms. The number of likely N-dealkylation sites (tertiary alicyclic amines) is 1. The molecule has 0 bridgehead atoms. The van der Waals surface area contributed by atoms with E-state index in [9.17, 15) is 4.79 Å². The van der Waals surface area contributed by atoms with Crippen LogP contribution in [0.4, 0.5) is 0 Å². The minimum absolute atomic E-state index is 0.0216. The lowest BCUT2D eigenvalue weighted by atomic mass is 10.3. The molecule has 0 saturated carbocycles. The fraction of sp³-hybridized carbons (Fsp3) is 0.667. The number of hydrogen-bond donors (Lipinski definition) is 1. The smallest absolute Gasteiger partial charge is 0.219 e. The molecule has 0 aliphatic carbocycles. The van der Waals surface area contributed by atoms with Crippen LogP contribution in [0.15, 0.2) is 9.98 Å². The van der Waals surface area contributed by atoms with Crippen molar-refractivity contribution in [3.05, 3.63) is 0 Å². The van der Waals surface area contributed by atoms with Crippen LogP contribution in [0.2, 0.25) is 0 Å². The van der Waals surface area contributed by atoms with Crippen molar-refractivity contribution in [2.45, 2.75) is 12.8 Å². The standard InChI is InChI=1S/C9H14N4O/c14-8-5-10-6-11-9(8)12-7-13-3-1-2-4-13/h6H,1-5,7H2,(H,10,11,12). The van der Waals surface area contributed by atoms with Gasteiger partial charge in [0.05, 0.1) is 13.0 Å². The number of nitrogens with one attached hydrogen (secondary N) is 1. The van der Waals surface area contributed by atoms with Gasteiger partial charge in [0.1, 0.15) is 6.54 Å². The Morgan fingerprint density at radius 2 is 2.29 bits per heavy atom. The van der Waals surface area contributed by atoms with Gasteiger partial charge in [-0.1, -0.05) is 0 Å². The van der Waals surface area contributed by atoms with Crippen molar-refractivity contribution in [1.82, 2.24) is 10.2 Å². The molecule has 0 aromatic rings. The molecule has 2 heterocycles. The number of Topliss-reactive ketones (excluding diaryl/α,β-unsaturated/α-hetero) is 1. The number of aliphatic imine (C=N–C) groups is 2. The number of hydrogen-bond acceptors (Lipinski definition) is 4. The van der Waals surface area contributed by atoms with Crippen molar-refractivity contribution < 1.29 is 4.79 Å². The number of nitrogens with zero attached hydrogens (tertiary/aromatic N) is 3. The minimum Gasteiger partial charge on any atom is -0.329 e. The lowest BCUT2D eigenvalue weighted by Crippen LogP contribution is -2.37. The molecule has 0 unspecified atom stereocenters. The van der Waals surface area contributed by atoms with E-state index in [-0.39, 0.29) is 12.3 Å². The van der Waals surface area contributed by atoms with Crippen LogP contribution in [0.25, 0.3) is 0 Å². The Morgan fingerprint density at radius 3 is 3.00 bits per heavy atom. The molecule has 0 amide bonds. The molecule has 2 aliphatic heterocycles. The average molecular weight is 194 g/mol. The molecule has 76 valence electrons. The zero-order chi connectivity index (χ0) is 9.80. The Kier molecular flexibility index (Phi) is 2.88. The minimum atomic E-state index is -0.0216. The number of amidine groups is 1. The molecule has 2 aliphatic rings. The molecule has 2 rings (SSSR count). The van der Waals surface area contributed by atoms with E-state index in [1.807, 2.05) is 0 Å². The van der Waals surface area contributed by atoms with E-state index >= 15 is 0 Å². The Labute approximate surface area is 82.9 Å². The maximum absolute atomic E-state index is 11.3. The monoisotopic (exact) mass is 194 g/mol. The molecular weight excluding hydrogens is 180 g/mol. The second-order valence-electron chi connectivity index (χ2n) is 3.51. The lowest BCUT2D eigenvalue weighted by molar-refractivity contribution is -0.112. The molecule has 5 nitrogen and oxygen atoms in total. The molecule has 1 saturated heterocycles. The van der Waals surface area contributed by atoms with Crippen LogP contribution in [0.1, 0.15) is 12.8 Å². The van der Waals surface area contributed by atoms with Gasteiger partial charge in [-0.25, -0.2) is 4.99 Å². The Hall–Kier alpha value is -1.23. The van der Waals surface area contributed by atoms with E-state index in [0.717, 1.165) is 13.1 Å². The van der Waals surface area contributed by atoms with Crippen LogP contribution in [-0.2, 0) is 4.79 Å². The third kappa shape index (κ3) is 2.17. The maximum atomic E-state index is 11.3. The van der Waals surface area contributed by atoms with Gasteiger partial charge >= 0.3 is 0 Å². The third-order valence-corrected chi connectivity index (χ3v) is 2.42. The van der Waals surface area contributed by atoms with Gasteiger partial charge in [0, 0.05) is 0 Å². The summed E-state index contributed by atoms with van der Waals surface area (Å²) in [5.41, 5.74) is 0. The fourth-order valence-electron chi connectivity index (χ4n) is 1.62. The zero-order valence-corrected chi connectivity index (χ0v) is 8.07. The van der Waals surface area contributed by atoms with Crippen molar-refractivity contribution >= 4 is 18.0 Å². The van der Waals surface area contributed by atoms with E-state index in [0.29, 0.717) is 12.5 Å². The Bertz CT molecular complexity index is 279. The molecule has 0 aromatic carbocycles. The molecule has 0 radical (unpaired) electrons. The predicted octanol–water partition coefficient (Wildman–Crippen LogP) is -0.361. The van der Waals surface area contributed by atoms with Crippen molar-refractivity contribution in [3.8, 4) is 0 Å². The molecule has 14 heavy (non-hydrogen) atoms. The van der Waals surface area contributed by atoms with Crippen LogP contribution in [0.3, 0.4) is 0 Å². The predicted molar refractivity (Wildman–Crippen MR) is 54.6 cm³/mol. The van der Waals surface area contributed by atoms with E-state index < -0.39 is 0 Å². The van der Waals surface area contributed by atoms with Gasteiger partial charge < -0.3 is 5.32 Å². The van der Waals surface area contributed by atoms with Gasteiger partial charge in [0.15, 0.2) is 5.84 Å². The van der Waals surface area contributed by atoms with Gasteiger partial charge in [-0.2, -0.15) is 0 Å². The summed E-state index contributed by atoms with van der Waals surface area (Å²) < 4.78 is 0. The summed E-state index contributed by atoms with van der Waals surface area (Å²) in [7, 11) is 0. The van der Waals surface area contributed by atoms with Crippen molar-refractivity contribution in [2.24, 2.45) is 9.98 Å². The first-order valence-corrected chi connectivity index (χ1v) is 4.91. The SMILES string of the molecule is O=C1CN=CNC1=NCN1CCCC1. The first-order valence-electron chi connectivity index (χ1n) is 4.91. The largest absolute Gasteiger partial charge is 0.329 e. The summed E-state index contributed by atoms with van der Waals surface area (Å²) in [5.74, 6) is 0.429. The summed E-state index contributed by atoms with van der Waals surface area (Å²) in [6.45, 7) is 3.05. The maximum Gasteiger partial charge on any atom is 0.219 e. The fourth-order valence-corrected chi connectivity index (χ4v) is 1.62. The van der Waals surface area contributed by atoms with Gasteiger partial charge in [0.25, 0.3) is 0 Å². The summed E-state index contributed by atoms with van der Waals surface area (Å²) >= 11 is 0.